The molecule has 0 amide bonds. The standard InChI is InChI=1S/C15H15ClFN/c1-10-5-11(2)7-14(6-10)18-9-12-3-4-13(17)8-15(12)16/h3-8,18H,9H2,1-2H3. The summed E-state index contributed by atoms with van der Waals surface area (Å²) in [6.45, 7) is 4.70. The zero-order valence-corrected chi connectivity index (χ0v) is 11.2. The van der Waals surface area contributed by atoms with Gasteiger partial charge in [0.05, 0.1) is 0 Å². The number of halogens is 2. The fourth-order valence-corrected chi connectivity index (χ4v) is 2.17. The fraction of sp³-hybridized carbons (Fsp3) is 0.200. The Morgan fingerprint density at radius 2 is 1.72 bits per heavy atom. The minimum atomic E-state index is -0.310. The van der Waals surface area contributed by atoms with Crippen LogP contribution in [0.2, 0.25) is 5.02 Å². The zero-order valence-electron chi connectivity index (χ0n) is 10.4. The van der Waals surface area contributed by atoms with E-state index in [1.165, 1.54) is 23.3 Å². The number of hydrogen-bond acceptors (Lipinski definition) is 1. The maximum atomic E-state index is 12.9. The molecule has 94 valence electrons. The van der Waals surface area contributed by atoms with Gasteiger partial charge in [0.2, 0.25) is 0 Å². The Balaban J connectivity index is 2.11. The third-order valence-corrected chi connectivity index (χ3v) is 3.07. The summed E-state index contributed by atoms with van der Waals surface area (Å²) in [5.74, 6) is -0.310. The van der Waals surface area contributed by atoms with Crippen LogP contribution in [0.25, 0.3) is 0 Å². The molecule has 0 aliphatic rings. The second-order valence-electron chi connectivity index (χ2n) is 4.47. The predicted octanol–water partition coefficient (Wildman–Crippen LogP) is 4.71. The van der Waals surface area contributed by atoms with Crippen LogP contribution in [0.1, 0.15) is 16.7 Å². The van der Waals surface area contributed by atoms with Crippen LogP contribution in [0.3, 0.4) is 0 Å². The van der Waals surface area contributed by atoms with Crippen molar-refractivity contribution in [1.82, 2.24) is 0 Å². The van der Waals surface area contributed by atoms with Gasteiger partial charge in [0, 0.05) is 17.3 Å². The van der Waals surface area contributed by atoms with Gasteiger partial charge in [-0.15, -0.1) is 0 Å². The van der Waals surface area contributed by atoms with E-state index in [0.717, 1.165) is 11.3 Å². The van der Waals surface area contributed by atoms with Gasteiger partial charge in [0.25, 0.3) is 0 Å². The van der Waals surface area contributed by atoms with Crippen molar-refractivity contribution in [2.45, 2.75) is 20.4 Å². The van der Waals surface area contributed by atoms with Gasteiger partial charge in [-0.05, 0) is 54.8 Å². The van der Waals surface area contributed by atoms with Crippen LogP contribution in [0, 0.1) is 19.7 Å². The molecule has 0 spiro atoms. The minimum Gasteiger partial charge on any atom is -0.381 e. The first-order chi connectivity index (χ1) is 8.54. The Morgan fingerprint density at radius 3 is 2.33 bits per heavy atom. The summed E-state index contributed by atoms with van der Waals surface area (Å²) in [6, 6.07) is 10.7. The first kappa shape index (κ1) is 12.9. The molecule has 0 atom stereocenters. The molecule has 0 radical (unpaired) electrons. The van der Waals surface area contributed by atoms with E-state index in [1.807, 2.05) is 0 Å². The van der Waals surface area contributed by atoms with E-state index in [1.54, 1.807) is 6.07 Å². The van der Waals surface area contributed by atoms with Crippen molar-refractivity contribution in [2.24, 2.45) is 0 Å². The summed E-state index contributed by atoms with van der Waals surface area (Å²) in [5, 5.41) is 3.75. The number of nitrogens with one attached hydrogen (secondary N) is 1. The van der Waals surface area contributed by atoms with Crippen LogP contribution in [0.5, 0.6) is 0 Å². The van der Waals surface area contributed by atoms with Gasteiger partial charge in [-0.3, -0.25) is 0 Å². The van der Waals surface area contributed by atoms with E-state index in [2.05, 4.69) is 37.4 Å². The maximum Gasteiger partial charge on any atom is 0.124 e. The highest BCUT2D eigenvalue weighted by Gasteiger charge is 2.02. The van der Waals surface area contributed by atoms with E-state index < -0.39 is 0 Å². The largest absolute Gasteiger partial charge is 0.381 e. The van der Waals surface area contributed by atoms with Crippen LogP contribution in [0.15, 0.2) is 36.4 Å². The van der Waals surface area contributed by atoms with E-state index in [9.17, 15) is 4.39 Å². The molecule has 1 nitrogen and oxygen atoms in total. The summed E-state index contributed by atoms with van der Waals surface area (Å²) in [4.78, 5) is 0. The molecule has 2 aromatic rings. The molecule has 2 aromatic carbocycles. The van der Waals surface area contributed by atoms with Crippen molar-refractivity contribution in [3.63, 3.8) is 0 Å². The molecule has 0 unspecified atom stereocenters. The lowest BCUT2D eigenvalue weighted by atomic mass is 10.1. The first-order valence-corrected chi connectivity index (χ1v) is 6.18. The molecule has 0 fully saturated rings. The van der Waals surface area contributed by atoms with Gasteiger partial charge in [0.1, 0.15) is 5.82 Å². The topological polar surface area (TPSA) is 12.0 Å². The molecule has 0 aliphatic carbocycles. The average Bonchev–Trinajstić information content (AvgIpc) is 2.26. The Hall–Kier alpha value is -1.54. The summed E-state index contributed by atoms with van der Waals surface area (Å²) in [6.07, 6.45) is 0. The lowest BCUT2D eigenvalue weighted by Gasteiger charge is -2.10. The normalized spacial score (nSPS) is 10.4. The minimum absolute atomic E-state index is 0.310. The van der Waals surface area contributed by atoms with Crippen LogP contribution in [-0.4, -0.2) is 0 Å². The van der Waals surface area contributed by atoms with Crippen molar-refractivity contribution >= 4 is 17.3 Å². The molecular weight excluding hydrogens is 249 g/mol. The smallest absolute Gasteiger partial charge is 0.124 e. The SMILES string of the molecule is Cc1cc(C)cc(NCc2ccc(F)cc2Cl)c1. The highest BCUT2D eigenvalue weighted by atomic mass is 35.5. The summed E-state index contributed by atoms with van der Waals surface area (Å²) in [5.41, 5.74) is 4.36. The second kappa shape index (κ2) is 5.40. The van der Waals surface area contributed by atoms with Crippen molar-refractivity contribution in [1.29, 1.82) is 0 Å². The molecule has 0 saturated carbocycles. The number of benzene rings is 2. The van der Waals surface area contributed by atoms with E-state index in [-0.39, 0.29) is 5.82 Å². The lowest BCUT2D eigenvalue weighted by molar-refractivity contribution is 0.627. The third-order valence-electron chi connectivity index (χ3n) is 2.72. The summed E-state index contributed by atoms with van der Waals surface area (Å²) in [7, 11) is 0. The van der Waals surface area contributed by atoms with E-state index in [4.69, 9.17) is 11.6 Å². The van der Waals surface area contributed by atoms with Crippen molar-refractivity contribution in [3.05, 3.63) is 63.9 Å². The number of aryl methyl sites for hydroxylation is 2. The van der Waals surface area contributed by atoms with Gasteiger partial charge in [-0.1, -0.05) is 23.7 Å². The molecule has 0 heterocycles. The van der Waals surface area contributed by atoms with Gasteiger partial charge in [0.15, 0.2) is 0 Å². The van der Waals surface area contributed by atoms with E-state index >= 15 is 0 Å². The van der Waals surface area contributed by atoms with Crippen LogP contribution < -0.4 is 5.32 Å². The van der Waals surface area contributed by atoms with Gasteiger partial charge >= 0.3 is 0 Å². The van der Waals surface area contributed by atoms with Crippen molar-refractivity contribution in [3.8, 4) is 0 Å². The molecule has 3 heteroatoms. The van der Waals surface area contributed by atoms with Gasteiger partial charge < -0.3 is 5.32 Å². The maximum absolute atomic E-state index is 12.9. The van der Waals surface area contributed by atoms with Crippen molar-refractivity contribution in [2.75, 3.05) is 5.32 Å². The molecule has 2 rings (SSSR count). The number of anilines is 1. The molecule has 0 aromatic heterocycles. The average molecular weight is 264 g/mol. The number of hydrogen-bond donors (Lipinski definition) is 1. The molecule has 0 saturated heterocycles. The highest BCUT2D eigenvalue weighted by molar-refractivity contribution is 6.31. The fourth-order valence-electron chi connectivity index (χ4n) is 1.94. The lowest BCUT2D eigenvalue weighted by Crippen LogP contribution is -2.01. The Morgan fingerprint density at radius 1 is 1.06 bits per heavy atom. The summed E-state index contributed by atoms with van der Waals surface area (Å²) < 4.78 is 12.9. The number of rotatable bonds is 3. The zero-order chi connectivity index (χ0) is 13.1. The van der Waals surface area contributed by atoms with Gasteiger partial charge in [-0.2, -0.15) is 0 Å². The molecular formula is C15H15ClFN. The van der Waals surface area contributed by atoms with Crippen LogP contribution in [0.4, 0.5) is 10.1 Å². The molecule has 18 heavy (non-hydrogen) atoms. The van der Waals surface area contributed by atoms with E-state index in [0.29, 0.717) is 11.6 Å². The second-order valence-corrected chi connectivity index (χ2v) is 4.87. The summed E-state index contributed by atoms with van der Waals surface area (Å²) >= 11 is 5.98. The van der Waals surface area contributed by atoms with Crippen LogP contribution >= 0.6 is 11.6 Å². The van der Waals surface area contributed by atoms with Crippen LogP contribution in [-0.2, 0) is 6.54 Å². The quantitative estimate of drug-likeness (QED) is 0.846. The Bertz CT molecular complexity index is 546. The Kier molecular flexibility index (Phi) is 3.87. The highest BCUT2D eigenvalue weighted by Crippen LogP contribution is 2.20. The molecule has 0 bridgehead atoms. The Labute approximate surface area is 112 Å². The molecule has 1 N–H and O–H groups in total. The molecule has 0 aliphatic heterocycles. The predicted molar refractivity (Wildman–Crippen MR) is 74.7 cm³/mol. The first-order valence-electron chi connectivity index (χ1n) is 5.81. The van der Waals surface area contributed by atoms with Crippen molar-refractivity contribution < 1.29 is 4.39 Å². The third kappa shape index (κ3) is 3.23. The monoisotopic (exact) mass is 263 g/mol. The van der Waals surface area contributed by atoms with Gasteiger partial charge in [-0.25, -0.2) is 4.39 Å².